The van der Waals surface area contributed by atoms with Gasteiger partial charge in [0.15, 0.2) is 0 Å². The molecule has 0 aromatic heterocycles. The number of hydrogen-bond donors (Lipinski definition) is 1. The molecule has 17 heavy (non-hydrogen) atoms. The zero-order chi connectivity index (χ0) is 12.5. The maximum atomic E-state index is 5.63. The van der Waals surface area contributed by atoms with Crippen LogP contribution in [0.4, 0.5) is 0 Å². The van der Waals surface area contributed by atoms with Crippen LogP contribution >= 0.6 is 15.9 Å². The Morgan fingerprint density at radius 2 is 1.94 bits per heavy atom. The standard InChI is InChI=1S/C14H22BrNO/c1-2-17-14-9-8-13(15)11-12(14)7-5-3-4-6-10-16/h8-9,11H,2-7,10,16H2,1H3. The highest BCUT2D eigenvalue weighted by atomic mass is 79.9. The maximum Gasteiger partial charge on any atom is 0.122 e. The predicted molar refractivity (Wildman–Crippen MR) is 76.5 cm³/mol. The van der Waals surface area contributed by atoms with Gasteiger partial charge in [0.2, 0.25) is 0 Å². The van der Waals surface area contributed by atoms with Gasteiger partial charge in [-0.2, -0.15) is 0 Å². The zero-order valence-corrected chi connectivity index (χ0v) is 12.1. The number of ether oxygens (including phenoxy) is 1. The number of unbranched alkanes of at least 4 members (excludes halogenated alkanes) is 3. The van der Waals surface area contributed by atoms with Gasteiger partial charge in [-0.3, -0.25) is 0 Å². The van der Waals surface area contributed by atoms with Crippen LogP contribution in [-0.4, -0.2) is 13.2 Å². The number of benzene rings is 1. The second-order valence-corrected chi connectivity index (χ2v) is 5.05. The molecule has 0 radical (unpaired) electrons. The van der Waals surface area contributed by atoms with Crippen molar-refractivity contribution >= 4 is 15.9 Å². The lowest BCUT2D eigenvalue weighted by Gasteiger charge is -2.10. The fraction of sp³-hybridized carbons (Fsp3) is 0.571. The summed E-state index contributed by atoms with van der Waals surface area (Å²) in [5.41, 5.74) is 6.78. The van der Waals surface area contributed by atoms with Crippen molar-refractivity contribution in [3.63, 3.8) is 0 Å². The van der Waals surface area contributed by atoms with Gasteiger partial charge in [0.05, 0.1) is 6.61 Å². The predicted octanol–water partition coefficient (Wildman–Crippen LogP) is 3.91. The summed E-state index contributed by atoms with van der Waals surface area (Å²) in [6.07, 6.45) is 5.90. The van der Waals surface area contributed by atoms with Crippen LogP contribution in [0.1, 0.15) is 38.2 Å². The van der Waals surface area contributed by atoms with Crippen LogP contribution < -0.4 is 10.5 Å². The summed E-state index contributed by atoms with van der Waals surface area (Å²) in [6.45, 7) is 3.55. The fourth-order valence-corrected chi connectivity index (χ4v) is 2.26. The first-order chi connectivity index (χ1) is 8.27. The van der Waals surface area contributed by atoms with Gasteiger partial charge >= 0.3 is 0 Å². The van der Waals surface area contributed by atoms with Crippen LogP contribution in [0.2, 0.25) is 0 Å². The molecule has 0 saturated carbocycles. The van der Waals surface area contributed by atoms with Crippen molar-refractivity contribution in [3.8, 4) is 5.75 Å². The Morgan fingerprint density at radius 1 is 1.18 bits per heavy atom. The quantitative estimate of drug-likeness (QED) is 0.739. The highest BCUT2D eigenvalue weighted by molar-refractivity contribution is 9.10. The van der Waals surface area contributed by atoms with E-state index >= 15 is 0 Å². The van der Waals surface area contributed by atoms with Crippen molar-refractivity contribution in [2.45, 2.75) is 39.0 Å². The number of nitrogens with two attached hydrogens (primary N) is 1. The Kier molecular flexibility index (Phi) is 7.29. The van der Waals surface area contributed by atoms with Gasteiger partial charge in [0.25, 0.3) is 0 Å². The van der Waals surface area contributed by atoms with Gasteiger partial charge in [-0.25, -0.2) is 0 Å². The number of aryl methyl sites for hydroxylation is 1. The van der Waals surface area contributed by atoms with Gasteiger partial charge < -0.3 is 10.5 Å². The Labute approximate surface area is 113 Å². The topological polar surface area (TPSA) is 35.2 Å². The Balaban J connectivity index is 2.47. The molecule has 96 valence electrons. The molecule has 0 bridgehead atoms. The minimum atomic E-state index is 0.724. The monoisotopic (exact) mass is 299 g/mol. The molecule has 0 aliphatic heterocycles. The molecule has 0 spiro atoms. The molecule has 0 fully saturated rings. The molecular weight excluding hydrogens is 278 g/mol. The molecule has 0 unspecified atom stereocenters. The first kappa shape index (κ1) is 14.5. The average Bonchev–Trinajstić information content (AvgIpc) is 2.32. The summed E-state index contributed by atoms with van der Waals surface area (Å²) < 4.78 is 6.75. The molecule has 1 aromatic rings. The van der Waals surface area contributed by atoms with Gasteiger partial charge in [-0.15, -0.1) is 0 Å². The van der Waals surface area contributed by atoms with Gasteiger partial charge in [-0.05, 0) is 56.5 Å². The Hall–Kier alpha value is -0.540. The van der Waals surface area contributed by atoms with E-state index in [0.29, 0.717) is 0 Å². The minimum Gasteiger partial charge on any atom is -0.494 e. The normalized spacial score (nSPS) is 10.5. The van der Waals surface area contributed by atoms with E-state index in [9.17, 15) is 0 Å². The maximum absolute atomic E-state index is 5.63. The van der Waals surface area contributed by atoms with Crippen LogP contribution in [0.15, 0.2) is 22.7 Å². The lowest BCUT2D eigenvalue weighted by molar-refractivity contribution is 0.336. The van der Waals surface area contributed by atoms with Crippen LogP contribution in [0, 0.1) is 0 Å². The van der Waals surface area contributed by atoms with Crippen molar-refractivity contribution in [2.75, 3.05) is 13.2 Å². The van der Waals surface area contributed by atoms with E-state index in [0.717, 1.165) is 36.2 Å². The van der Waals surface area contributed by atoms with Crippen LogP contribution in [-0.2, 0) is 6.42 Å². The largest absolute Gasteiger partial charge is 0.494 e. The lowest BCUT2D eigenvalue weighted by Crippen LogP contribution is -1.99. The van der Waals surface area contributed by atoms with Crippen LogP contribution in [0.3, 0.4) is 0 Å². The van der Waals surface area contributed by atoms with E-state index in [4.69, 9.17) is 10.5 Å². The lowest BCUT2D eigenvalue weighted by atomic mass is 10.1. The van der Waals surface area contributed by atoms with Crippen molar-refractivity contribution < 1.29 is 4.74 Å². The number of hydrogen-bond acceptors (Lipinski definition) is 2. The highest BCUT2D eigenvalue weighted by Crippen LogP contribution is 2.25. The van der Waals surface area contributed by atoms with E-state index < -0.39 is 0 Å². The zero-order valence-electron chi connectivity index (χ0n) is 10.5. The smallest absolute Gasteiger partial charge is 0.122 e. The molecule has 0 aliphatic carbocycles. The van der Waals surface area contributed by atoms with Crippen molar-refractivity contribution in [1.29, 1.82) is 0 Å². The summed E-state index contributed by atoms with van der Waals surface area (Å²) in [6, 6.07) is 6.24. The van der Waals surface area contributed by atoms with E-state index in [1.165, 1.54) is 24.8 Å². The molecule has 3 heteroatoms. The van der Waals surface area contributed by atoms with Gasteiger partial charge in [-0.1, -0.05) is 28.8 Å². The third-order valence-electron chi connectivity index (χ3n) is 2.72. The molecule has 1 aromatic carbocycles. The summed E-state index contributed by atoms with van der Waals surface area (Å²) in [5.74, 6) is 1.02. The first-order valence-corrected chi connectivity index (χ1v) is 7.18. The Bertz CT molecular complexity index is 328. The van der Waals surface area contributed by atoms with Crippen molar-refractivity contribution in [2.24, 2.45) is 5.73 Å². The third kappa shape index (κ3) is 5.55. The van der Waals surface area contributed by atoms with Gasteiger partial charge in [0.1, 0.15) is 5.75 Å². The molecule has 0 atom stereocenters. The summed E-state index contributed by atoms with van der Waals surface area (Å²) in [5, 5.41) is 0. The van der Waals surface area contributed by atoms with E-state index in [2.05, 4.69) is 22.0 Å². The average molecular weight is 300 g/mol. The fourth-order valence-electron chi connectivity index (χ4n) is 1.85. The van der Waals surface area contributed by atoms with Crippen molar-refractivity contribution in [3.05, 3.63) is 28.2 Å². The summed E-state index contributed by atoms with van der Waals surface area (Å²) in [4.78, 5) is 0. The van der Waals surface area contributed by atoms with Gasteiger partial charge in [0, 0.05) is 4.47 Å². The third-order valence-corrected chi connectivity index (χ3v) is 3.22. The number of halogens is 1. The molecule has 2 N–H and O–H groups in total. The van der Waals surface area contributed by atoms with E-state index in [-0.39, 0.29) is 0 Å². The highest BCUT2D eigenvalue weighted by Gasteiger charge is 2.04. The molecular formula is C14H22BrNO. The van der Waals surface area contributed by atoms with E-state index in [1.54, 1.807) is 0 Å². The second-order valence-electron chi connectivity index (χ2n) is 4.14. The molecule has 0 aliphatic rings. The van der Waals surface area contributed by atoms with Crippen LogP contribution in [0.5, 0.6) is 5.75 Å². The molecule has 0 amide bonds. The molecule has 1 rings (SSSR count). The van der Waals surface area contributed by atoms with Crippen molar-refractivity contribution in [1.82, 2.24) is 0 Å². The molecule has 0 heterocycles. The molecule has 2 nitrogen and oxygen atoms in total. The summed E-state index contributed by atoms with van der Waals surface area (Å²) in [7, 11) is 0. The minimum absolute atomic E-state index is 0.724. The number of rotatable bonds is 8. The van der Waals surface area contributed by atoms with Crippen LogP contribution in [0.25, 0.3) is 0 Å². The van der Waals surface area contributed by atoms with E-state index in [1.807, 2.05) is 19.1 Å². The first-order valence-electron chi connectivity index (χ1n) is 6.39. The second kappa shape index (κ2) is 8.54. The SMILES string of the molecule is CCOc1ccc(Br)cc1CCCCCCN. The Morgan fingerprint density at radius 3 is 2.65 bits per heavy atom. The molecule has 0 saturated heterocycles. The summed E-state index contributed by atoms with van der Waals surface area (Å²) >= 11 is 3.51.